The van der Waals surface area contributed by atoms with E-state index < -0.39 is 4.92 Å². The van der Waals surface area contributed by atoms with Gasteiger partial charge < -0.3 is 15.2 Å². The lowest BCUT2D eigenvalue weighted by Crippen LogP contribution is -2.29. The van der Waals surface area contributed by atoms with E-state index in [0.717, 1.165) is 0 Å². The monoisotopic (exact) mass is 268 g/mol. The summed E-state index contributed by atoms with van der Waals surface area (Å²) in [7, 11) is 0. The molecule has 6 nitrogen and oxygen atoms in total. The predicted molar refractivity (Wildman–Crippen MR) is 73.6 cm³/mol. The van der Waals surface area contributed by atoms with Crippen molar-refractivity contribution in [2.24, 2.45) is 5.92 Å². The number of nitrogens with zero attached hydrogens (tertiary/aromatic N) is 1. The molecule has 0 saturated carbocycles. The molecule has 1 atom stereocenters. The molecular weight excluding hydrogens is 248 g/mol. The van der Waals surface area contributed by atoms with E-state index in [0.29, 0.717) is 18.0 Å². The van der Waals surface area contributed by atoms with E-state index in [9.17, 15) is 15.2 Å². The molecule has 0 fully saturated rings. The number of hydrogen-bond donors (Lipinski definition) is 2. The Labute approximate surface area is 112 Å². The zero-order valence-electron chi connectivity index (χ0n) is 11.4. The quantitative estimate of drug-likeness (QED) is 0.586. The molecule has 0 bridgehead atoms. The molecule has 0 aliphatic heterocycles. The summed E-state index contributed by atoms with van der Waals surface area (Å²) < 4.78 is 5.31. The normalized spacial score (nSPS) is 12.3. The number of nitrogens with one attached hydrogen (secondary N) is 1. The first-order valence-corrected chi connectivity index (χ1v) is 6.27. The van der Waals surface area contributed by atoms with Crippen LogP contribution >= 0.6 is 0 Å². The molecular formula is C13H20N2O4. The van der Waals surface area contributed by atoms with Gasteiger partial charge in [0.05, 0.1) is 30.2 Å². The van der Waals surface area contributed by atoms with Crippen LogP contribution in [-0.2, 0) is 0 Å². The smallest absolute Gasteiger partial charge is 0.275 e. The second kappa shape index (κ2) is 6.94. The molecule has 106 valence electrons. The van der Waals surface area contributed by atoms with Gasteiger partial charge in [-0.15, -0.1) is 0 Å². The molecule has 1 aromatic rings. The summed E-state index contributed by atoms with van der Waals surface area (Å²) >= 11 is 0. The van der Waals surface area contributed by atoms with Gasteiger partial charge in [0.15, 0.2) is 0 Å². The van der Waals surface area contributed by atoms with Crippen molar-refractivity contribution in [1.82, 2.24) is 0 Å². The summed E-state index contributed by atoms with van der Waals surface area (Å²) in [5.74, 6) is 0.652. The third-order valence-electron chi connectivity index (χ3n) is 2.77. The van der Waals surface area contributed by atoms with Crippen molar-refractivity contribution >= 4 is 11.4 Å². The lowest BCUT2D eigenvalue weighted by atomic mass is 10.1. The Morgan fingerprint density at radius 3 is 2.58 bits per heavy atom. The summed E-state index contributed by atoms with van der Waals surface area (Å²) in [4.78, 5) is 10.4. The number of rotatable bonds is 7. The second-order valence-electron chi connectivity index (χ2n) is 4.58. The zero-order chi connectivity index (χ0) is 14.4. The Morgan fingerprint density at radius 1 is 1.42 bits per heavy atom. The van der Waals surface area contributed by atoms with E-state index in [4.69, 9.17) is 4.74 Å². The van der Waals surface area contributed by atoms with Crippen LogP contribution in [0.5, 0.6) is 5.75 Å². The minimum atomic E-state index is -0.461. The van der Waals surface area contributed by atoms with Gasteiger partial charge in [-0.3, -0.25) is 10.1 Å². The molecule has 0 aliphatic carbocycles. The topological polar surface area (TPSA) is 84.6 Å². The summed E-state index contributed by atoms with van der Waals surface area (Å²) in [6.45, 7) is 6.15. The van der Waals surface area contributed by atoms with Gasteiger partial charge in [0.1, 0.15) is 5.75 Å². The fraction of sp³-hybridized carbons (Fsp3) is 0.538. The van der Waals surface area contributed by atoms with Crippen LogP contribution in [0.15, 0.2) is 18.2 Å². The SMILES string of the molecule is CCOc1cc(NC(CO)C(C)C)cc([N+](=O)[O-])c1. The molecule has 0 saturated heterocycles. The van der Waals surface area contributed by atoms with Crippen molar-refractivity contribution in [3.63, 3.8) is 0 Å². The molecule has 1 aromatic carbocycles. The second-order valence-corrected chi connectivity index (χ2v) is 4.58. The maximum Gasteiger partial charge on any atom is 0.275 e. The number of nitro groups is 1. The van der Waals surface area contributed by atoms with Gasteiger partial charge in [-0.1, -0.05) is 13.8 Å². The summed E-state index contributed by atoms with van der Waals surface area (Å²) in [5.41, 5.74) is 0.541. The number of ether oxygens (including phenoxy) is 1. The Balaban J connectivity index is 3.01. The van der Waals surface area contributed by atoms with Crippen LogP contribution in [0.4, 0.5) is 11.4 Å². The first kappa shape index (κ1) is 15.2. The van der Waals surface area contributed by atoms with E-state index in [-0.39, 0.29) is 24.3 Å². The number of hydrogen-bond acceptors (Lipinski definition) is 5. The van der Waals surface area contributed by atoms with Crippen LogP contribution in [0.3, 0.4) is 0 Å². The Kier molecular flexibility index (Phi) is 5.57. The van der Waals surface area contributed by atoms with Crippen LogP contribution in [-0.4, -0.2) is 29.3 Å². The van der Waals surface area contributed by atoms with E-state index in [1.165, 1.54) is 12.1 Å². The molecule has 0 spiro atoms. The van der Waals surface area contributed by atoms with Crippen molar-refractivity contribution < 1.29 is 14.8 Å². The molecule has 1 unspecified atom stereocenters. The molecule has 6 heteroatoms. The summed E-state index contributed by atoms with van der Waals surface area (Å²) in [6, 6.07) is 4.36. The first-order chi connectivity index (χ1) is 8.97. The van der Waals surface area contributed by atoms with Crippen LogP contribution < -0.4 is 10.1 Å². The number of aliphatic hydroxyl groups excluding tert-OH is 1. The third-order valence-corrected chi connectivity index (χ3v) is 2.77. The Hall–Kier alpha value is -1.82. The summed E-state index contributed by atoms with van der Waals surface area (Å²) in [5, 5.41) is 23.2. The molecule has 2 N–H and O–H groups in total. The zero-order valence-corrected chi connectivity index (χ0v) is 11.4. The highest BCUT2D eigenvalue weighted by molar-refractivity contribution is 5.56. The number of anilines is 1. The summed E-state index contributed by atoms with van der Waals surface area (Å²) in [6.07, 6.45) is 0. The third kappa shape index (κ3) is 4.40. The molecule has 0 radical (unpaired) electrons. The minimum Gasteiger partial charge on any atom is -0.494 e. The lowest BCUT2D eigenvalue weighted by molar-refractivity contribution is -0.384. The highest BCUT2D eigenvalue weighted by Crippen LogP contribution is 2.27. The molecule has 1 rings (SSSR count). The van der Waals surface area contributed by atoms with Gasteiger partial charge in [0.2, 0.25) is 0 Å². The van der Waals surface area contributed by atoms with Gasteiger partial charge in [-0.2, -0.15) is 0 Å². The van der Waals surface area contributed by atoms with Crippen molar-refractivity contribution in [2.75, 3.05) is 18.5 Å². The number of nitro benzene ring substituents is 1. The van der Waals surface area contributed by atoms with Crippen LogP contribution in [0.25, 0.3) is 0 Å². The standard InChI is InChI=1S/C13H20N2O4/c1-4-19-12-6-10(5-11(7-12)15(17)18)14-13(8-16)9(2)3/h5-7,9,13-14,16H,4,8H2,1-3H3. The predicted octanol–water partition coefficient (Wildman–Crippen LogP) is 2.42. The van der Waals surface area contributed by atoms with Gasteiger partial charge in [-0.05, 0) is 12.8 Å². The molecule has 0 aliphatic rings. The van der Waals surface area contributed by atoms with Gasteiger partial charge in [0, 0.05) is 17.8 Å². The van der Waals surface area contributed by atoms with Crippen LogP contribution in [0, 0.1) is 16.0 Å². The largest absolute Gasteiger partial charge is 0.494 e. The van der Waals surface area contributed by atoms with E-state index in [2.05, 4.69) is 5.32 Å². The van der Waals surface area contributed by atoms with Crippen molar-refractivity contribution in [3.05, 3.63) is 28.3 Å². The Morgan fingerprint density at radius 2 is 2.11 bits per heavy atom. The molecule has 0 amide bonds. The number of benzene rings is 1. The van der Waals surface area contributed by atoms with Gasteiger partial charge >= 0.3 is 0 Å². The minimum absolute atomic E-state index is 0.0334. The highest BCUT2D eigenvalue weighted by atomic mass is 16.6. The van der Waals surface area contributed by atoms with Crippen molar-refractivity contribution in [1.29, 1.82) is 0 Å². The van der Waals surface area contributed by atoms with Crippen LogP contribution in [0.1, 0.15) is 20.8 Å². The van der Waals surface area contributed by atoms with Crippen molar-refractivity contribution in [3.8, 4) is 5.75 Å². The average Bonchev–Trinajstić information content (AvgIpc) is 2.35. The van der Waals surface area contributed by atoms with E-state index in [1.807, 2.05) is 20.8 Å². The molecule has 0 aromatic heterocycles. The number of non-ortho nitro benzene ring substituents is 1. The first-order valence-electron chi connectivity index (χ1n) is 6.27. The molecule has 0 heterocycles. The molecule has 19 heavy (non-hydrogen) atoms. The highest BCUT2D eigenvalue weighted by Gasteiger charge is 2.15. The van der Waals surface area contributed by atoms with Gasteiger partial charge in [0.25, 0.3) is 5.69 Å². The maximum absolute atomic E-state index is 10.9. The maximum atomic E-state index is 10.9. The Bertz CT molecular complexity index is 435. The fourth-order valence-electron chi connectivity index (χ4n) is 1.66. The lowest BCUT2D eigenvalue weighted by Gasteiger charge is -2.21. The van der Waals surface area contributed by atoms with Gasteiger partial charge in [-0.25, -0.2) is 0 Å². The van der Waals surface area contributed by atoms with Crippen LogP contribution in [0.2, 0.25) is 0 Å². The fourth-order valence-corrected chi connectivity index (χ4v) is 1.66. The average molecular weight is 268 g/mol. The van der Waals surface area contributed by atoms with Crippen molar-refractivity contribution in [2.45, 2.75) is 26.8 Å². The van der Waals surface area contributed by atoms with E-state index >= 15 is 0 Å². The number of aliphatic hydroxyl groups is 1. The van der Waals surface area contributed by atoms with E-state index in [1.54, 1.807) is 6.07 Å².